The molecule has 2 heterocycles. The summed E-state index contributed by atoms with van der Waals surface area (Å²) >= 11 is 2.05. The number of H-pyrrole nitrogens is 1. The van der Waals surface area contributed by atoms with E-state index >= 15 is 0 Å². The Morgan fingerprint density at radius 1 is 1.05 bits per heavy atom. The van der Waals surface area contributed by atoms with E-state index in [-0.39, 0.29) is 0 Å². The van der Waals surface area contributed by atoms with Gasteiger partial charge in [-0.05, 0) is 24.5 Å². The summed E-state index contributed by atoms with van der Waals surface area (Å²) in [7, 11) is 0. The first-order chi connectivity index (χ1) is 9.92. The molecule has 2 atom stereocenters. The van der Waals surface area contributed by atoms with E-state index in [1.807, 2.05) is 11.8 Å². The minimum Gasteiger partial charge on any atom is -0.354 e. The summed E-state index contributed by atoms with van der Waals surface area (Å²) in [4.78, 5) is 5.13. The van der Waals surface area contributed by atoms with Gasteiger partial charge >= 0.3 is 0 Å². The predicted molar refractivity (Wildman–Crippen MR) is 86.6 cm³/mol. The summed E-state index contributed by atoms with van der Waals surface area (Å²) in [6, 6.07) is 13.3. The van der Waals surface area contributed by atoms with Gasteiger partial charge in [-0.1, -0.05) is 42.5 Å². The standard InChI is InChI=1S/C18H15NS/c1-3-7-15-11(5-1)13-9-10-14-12-6-2-4-8-16(12)20-18(14)17(13)19-15/h1,3-5,7-10,12,16,19H,2,6H2/t12-,16?/m0/s1. The Morgan fingerprint density at radius 3 is 3.00 bits per heavy atom. The molecule has 0 radical (unpaired) electrons. The van der Waals surface area contributed by atoms with Crippen molar-refractivity contribution in [2.24, 2.45) is 0 Å². The summed E-state index contributed by atoms with van der Waals surface area (Å²) < 4.78 is 0. The Hall–Kier alpha value is -1.67. The molecule has 0 amide bonds. The molecular formula is C18H15NS. The van der Waals surface area contributed by atoms with Crippen LogP contribution in [0.25, 0.3) is 21.8 Å². The zero-order valence-corrected chi connectivity index (χ0v) is 11.9. The Bertz CT molecular complexity index is 858. The first-order valence-electron chi connectivity index (χ1n) is 7.28. The lowest BCUT2D eigenvalue weighted by atomic mass is 9.87. The van der Waals surface area contributed by atoms with E-state index in [9.17, 15) is 0 Å². The van der Waals surface area contributed by atoms with E-state index in [2.05, 4.69) is 53.5 Å². The molecule has 2 aromatic carbocycles. The molecule has 1 unspecified atom stereocenters. The summed E-state index contributed by atoms with van der Waals surface area (Å²) in [5.74, 6) is 0.718. The van der Waals surface area contributed by atoms with Gasteiger partial charge in [0, 0.05) is 32.4 Å². The van der Waals surface area contributed by atoms with E-state index in [4.69, 9.17) is 0 Å². The average Bonchev–Trinajstić information content (AvgIpc) is 3.05. The van der Waals surface area contributed by atoms with Crippen molar-refractivity contribution in [2.75, 3.05) is 0 Å². The van der Waals surface area contributed by atoms with Crippen molar-refractivity contribution in [3.63, 3.8) is 0 Å². The Morgan fingerprint density at radius 2 is 2.00 bits per heavy atom. The van der Waals surface area contributed by atoms with Crippen molar-refractivity contribution >= 4 is 33.6 Å². The first-order valence-corrected chi connectivity index (χ1v) is 8.16. The zero-order chi connectivity index (χ0) is 13.1. The minimum atomic E-state index is 0.649. The highest BCUT2D eigenvalue weighted by Crippen LogP contribution is 2.52. The highest BCUT2D eigenvalue weighted by atomic mass is 32.2. The SMILES string of the molecule is C1=CC2Sc3c(ccc4c3[nH]c3ccccc34)[C@@H]2CC1. The molecule has 1 aromatic heterocycles. The van der Waals surface area contributed by atoms with Crippen molar-refractivity contribution < 1.29 is 0 Å². The molecule has 2 aliphatic rings. The number of hydrogen-bond acceptors (Lipinski definition) is 1. The zero-order valence-electron chi connectivity index (χ0n) is 11.1. The monoisotopic (exact) mass is 277 g/mol. The molecule has 1 nitrogen and oxygen atoms in total. The van der Waals surface area contributed by atoms with Gasteiger partial charge in [0.2, 0.25) is 0 Å². The third kappa shape index (κ3) is 1.35. The third-order valence-corrected chi connectivity index (χ3v) is 6.12. The van der Waals surface area contributed by atoms with Crippen LogP contribution in [0.1, 0.15) is 24.3 Å². The molecule has 1 aliphatic carbocycles. The van der Waals surface area contributed by atoms with E-state index in [1.54, 1.807) is 5.56 Å². The van der Waals surface area contributed by atoms with Crippen LogP contribution in [0.2, 0.25) is 0 Å². The quantitative estimate of drug-likeness (QED) is 0.556. The van der Waals surface area contributed by atoms with Gasteiger partial charge in [0.25, 0.3) is 0 Å². The molecule has 20 heavy (non-hydrogen) atoms. The lowest BCUT2D eigenvalue weighted by Gasteiger charge is -2.19. The normalized spacial score (nSPS) is 24.2. The number of benzene rings is 2. The van der Waals surface area contributed by atoms with Gasteiger partial charge in [-0.25, -0.2) is 0 Å². The molecule has 0 spiro atoms. The largest absolute Gasteiger partial charge is 0.354 e. The van der Waals surface area contributed by atoms with Gasteiger partial charge in [-0.15, -0.1) is 11.8 Å². The second kappa shape index (κ2) is 3.92. The summed E-state index contributed by atoms with van der Waals surface area (Å²) in [5.41, 5.74) is 4.15. The lowest BCUT2D eigenvalue weighted by molar-refractivity contribution is 0.634. The number of aromatic nitrogens is 1. The maximum absolute atomic E-state index is 3.64. The molecule has 0 saturated heterocycles. The fraction of sp³-hybridized carbons (Fsp3) is 0.222. The van der Waals surface area contributed by atoms with Crippen LogP contribution in [-0.2, 0) is 0 Å². The summed E-state index contributed by atoms with van der Waals surface area (Å²) in [6.07, 6.45) is 7.29. The second-order valence-electron chi connectivity index (χ2n) is 5.77. The van der Waals surface area contributed by atoms with E-state index < -0.39 is 0 Å². The molecule has 1 N–H and O–H groups in total. The molecule has 0 bridgehead atoms. The third-order valence-electron chi connectivity index (χ3n) is 4.69. The molecule has 0 fully saturated rings. The number of nitrogens with one attached hydrogen (secondary N) is 1. The van der Waals surface area contributed by atoms with Gasteiger partial charge in [0.1, 0.15) is 0 Å². The Labute approximate surface area is 122 Å². The van der Waals surface area contributed by atoms with Crippen LogP contribution in [-0.4, -0.2) is 10.2 Å². The van der Waals surface area contributed by atoms with Crippen molar-refractivity contribution in [1.29, 1.82) is 0 Å². The molecule has 5 rings (SSSR count). The molecule has 1 aliphatic heterocycles. The van der Waals surface area contributed by atoms with Crippen LogP contribution in [0.15, 0.2) is 53.4 Å². The van der Waals surface area contributed by atoms with Gasteiger partial charge in [-0.2, -0.15) is 0 Å². The van der Waals surface area contributed by atoms with Crippen LogP contribution >= 0.6 is 11.8 Å². The number of thioether (sulfide) groups is 1. The second-order valence-corrected chi connectivity index (χ2v) is 6.96. The van der Waals surface area contributed by atoms with Crippen LogP contribution < -0.4 is 0 Å². The maximum Gasteiger partial charge on any atom is 0.0606 e. The van der Waals surface area contributed by atoms with Gasteiger partial charge in [-0.3, -0.25) is 0 Å². The number of allylic oxidation sites excluding steroid dienone is 1. The number of rotatable bonds is 0. The van der Waals surface area contributed by atoms with Gasteiger partial charge in [0.05, 0.1) is 5.52 Å². The first kappa shape index (κ1) is 11.0. The van der Waals surface area contributed by atoms with Crippen molar-refractivity contribution in [2.45, 2.75) is 28.9 Å². The summed E-state index contributed by atoms with van der Waals surface area (Å²) in [5, 5.41) is 3.36. The fourth-order valence-corrected chi connectivity index (χ4v) is 5.27. The molecule has 0 saturated carbocycles. The van der Waals surface area contributed by atoms with Crippen molar-refractivity contribution in [1.82, 2.24) is 4.98 Å². The van der Waals surface area contributed by atoms with E-state index in [0.717, 1.165) is 5.92 Å². The number of hydrogen-bond donors (Lipinski definition) is 1. The molecular weight excluding hydrogens is 262 g/mol. The Kier molecular flexibility index (Phi) is 2.16. The van der Waals surface area contributed by atoms with E-state index in [0.29, 0.717) is 5.25 Å². The van der Waals surface area contributed by atoms with Gasteiger partial charge in [0.15, 0.2) is 0 Å². The van der Waals surface area contributed by atoms with Crippen LogP contribution in [0, 0.1) is 0 Å². The topological polar surface area (TPSA) is 15.8 Å². The highest BCUT2D eigenvalue weighted by molar-refractivity contribution is 8.00. The average molecular weight is 277 g/mol. The molecule has 3 aromatic rings. The van der Waals surface area contributed by atoms with Crippen LogP contribution in [0.3, 0.4) is 0 Å². The fourth-order valence-electron chi connectivity index (χ4n) is 3.72. The minimum absolute atomic E-state index is 0.649. The predicted octanol–water partition coefficient (Wildman–Crippen LogP) is 5.23. The number of para-hydroxylation sites is 1. The number of fused-ring (bicyclic) bond motifs is 7. The van der Waals surface area contributed by atoms with Crippen molar-refractivity contribution in [3.05, 3.63) is 54.1 Å². The van der Waals surface area contributed by atoms with Gasteiger partial charge < -0.3 is 4.98 Å². The summed E-state index contributed by atoms with van der Waals surface area (Å²) in [6.45, 7) is 0. The maximum atomic E-state index is 3.64. The Balaban J connectivity index is 1.84. The van der Waals surface area contributed by atoms with Crippen molar-refractivity contribution in [3.8, 4) is 0 Å². The highest BCUT2D eigenvalue weighted by Gasteiger charge is 2.34. The lowest BCUT2D eigenvalue weighted by Crippen LogP contribution is -2.10. The van der Waals surface area contributed by atoms with Crippen LogP contribution in [0.5, 0.6) is 0 Å². The smallest absolute Gasteiger partial charge is 0.0606 e. The molecule has 98 valence electrons. The van der Waals surface area contributed by atoms with Crippen LogP contribution in [0.4, 0.5) is 0 Å². The number of aromatic amines is 1. The molecule has 2 heteroatoms. The van der Waals surface area contributed by atoms with E-state index in [1.165, 1.54) is 39.5 Å².